The van der Waals surface area contributed by atoms with E-state index in [2.05, 4.69) is 10.2 Å². The predicted molar refractivity (Wildman–Crippen MR) is 63.6 cm³/mol. The Balaban J connectivity index is 3.15. The minimum absolute atomic E-state index is 0.205. The molecule has 6 heteroatoms. The summed E-state index contributed by atoms with van der Waals surface area (Å²) >= 11 is 0. The van der Waals surface area contributed by atoms with Crippen LogP contribution in [0, 0.1) is 13.8 Å². The molecule has 1 aromatic rings. The number of likely N-dealkylation sites (N-methyl/N-ethyl adjacent to an activating group) is 1. The quantitative estimate of drug-likeness (QED) is 0.821. The maximum absolute atomic E-state index is 11.2. The van der Waals surface area contributed by atoms with Crippen molar-refractivity contribution in [3.8, 4) is 0 Å². The molecule has 0 radical (unpaired) electrons. The number of anilines is 1. The zero-order valence-corrected chi connectivity index (χ0v) is 10.5. The van der Waals surface area contributed by atoms with Gasteiger partial charge in [-0.1, -0.05) is 0 Å². The first-order valence-electron chi connectivity index (χ1n) is 5.26. The number of carboxylic acids is 1. The van der Waals surface area contributed by atoms with Crippen molar-refractivity contribution in [3.05, 3.63) is 16.8 Å². The zero-order chi connectivity index (χ0) is 13.0. The molecular formula is C11H17N3O3. The van der Waals surface area contributed by atoms with E-state index in [1.807, 2.05) is 0 Å². The Morgan fingerprint density at radius 2 is 2.06 bits per heavy atom. The van der Waals surface area contributed by atoms with E-state index in [-0.39, 0.29) is 5.56 Å². The Kier molecular flexibility index (Phi) is 4.39. The number of aromatic carboxylic acids is 1. The van der Waals surface area contributed by atoms with Crippen LogP contribution in [0.15, 0.2) is 0 Å². The Labute approximate surface area is 100 Å². The van der Waals surface area contributed by atoms with Gasteiger partial charge in [0, 0.05) is 20.7 Å². The van der Waals surface area contributed by atoms with Gasteiger partial charge in [0.05, 0.1) is 12.3 Å². The van der Waals surface area contributed by atoms with Crippen molar-refractivity contribution in [2.45, 2.75) is 13.8 Å². The molecule has 0 aliphatic carbocycles. The van der Waals surface area contributed by atoms with Gasteiger partial charge in [0.2, 0.25) is 0 Å². The summed E-state index contributed by atoms with van der Waals surface area (Å²) in [4.78, 5) is 13.0. The summed E-state index contributed by atoms with van der Waals surface area (Å²) < 4.78 is 4.95. The third kappa shape index (κ3) is 2.91. The third-order valence-electron chi connectivity index (χ3n) is 2.64. The second-order valence-electron chi connectivity index (χ2n) is 3.83. The van der Waals surface area contributed by atoms with E-state index in [0.29, 0.717) is 30.2 Å². The lowest BCUT2D eigenvalue weighted by Gasteiger charge is -2.20. The smallest absolute Gasteiger partial charge is 0.339 e. The number of hydrogen-bond acceptors (Lipinski definition) is 5. The van der Waals surface area contributed by atoms with E-state index in [9.17, 15) is 9.90 Å². The monoisotopic (exact) mass is 239 g/mol. The number of rotatable bonds is 5. The lowest BCUT2D eigenvalue weighted by molar-refractivity contribution is 0.0696. The normalized spacial score (nSPS) is 10.4. The second kappa shape index (κ2) is 5.58. The minimum atomic E-state index is -0.986. The minimum Gasteiger partial charge on any atom is -0.478 e. The summed E-state index contributed by atoms with van der Waals surface area (Å²) in [6, 6.07) is 0. The van der Waals surface area contributed by atoms with Crippen LogP contribution in [0.1, 0.15) is 21.6 Å². The molecule has 94 valence electrons. The Hall–Kier alpha value is -1.69. The van der Waals surface area contributed by atoms with Gasteiger partial charge in [-0.2, -0.15) is 5.10 Å². The zero-order valence-electron chi connectivity index (χ0n) is 10.5. The second-order valence-corrected chi connectivity index (χ2v) is 3.83. The lowest BCUT2D eigenvalue weighted by atomic mass is 10.1. The van der Waals surface area contributed by atoms with Crippen LogP contribution >= 0.6 is 0 Å². The fourth-order valence-electron chi connectivity index (χ4n) is 1.45. The van der Waals surface area contributed by atoms with Crippen LogP contribution in [0.25, 0.3) is 0 Å². The van der Waals surface area contributed by atoms with Gasteiger partial charge < -0.3 is 14.7 Å². The molecule has 0 aromatic carbocycles. The fourth-order valence-corrected chi connectivity index (χ4v) is 1.45. The maximum Gasteiger partial charge on any atom is 0.339 e. The third-order valence-corrected chi connectivity index (χ3v) is 2.64. The summed E-state index contributed by atoms with van der Waals surface area (Å²) in [5, 5.41) is 17.1. The molecule has 17 heavy (non-hydrogen) atoms. The van der Waals surface area contributed by atoms with Gasteiger partial charge in [0.25, 0.3) is 0 Å². The average molecular weight is 239 g/mol. The van der Waals surface area contributed by atoms with Crippen molar-refractivity contribution in [2.75, 3.05) is 32.2 Å². The highest BCUT2D eigenvalue weighted by atomic mass is 16.5. The van der Waals surface area contributed by atoms with Gasteiger partial charge in [-0.15, -0.1) is 5.10 Å². The van der Waals surface area contributed by atoms with Crippen molar-refractivity contribution in [3.63, 3.8) is 0 Å². The molecule has 0 unspecified atom stereocenters. The van der Waals surface area contributed by atoms with E-state index < -0.39 is 5.97 Å². The molecule has 1 aromatic heterocycles. The van der Waals surface area contributed by atoms with E-state index in [1.165, 1.54) is 0 Å². The van der Waals surface area contributed by atoms with Crippen LogP contribution in [-0.2, 0) is 4.74 Å². The van der Waals surface area contributed by atoms with Crippen LogP contribution in [0.5, 0.6) is 0 Å². The summed E-state index contributed by atoms with van der Waals surface area (Å²) in [6.45, 7) is 4.55. The van der Waals surface area contributed by atoms with E-state index in [4.69, 9.17) is 4.74 Å². The molecule has 1 rings (SSSR count). The van der Waals surface area contributed by atoms with E-state index >= 15 is 0 Å². The molecule has 0 bridgehead atoms. The van der Waals surface area contributed by atoms with Crippen molar-refractivity contribution < 1.29 is 14.6 Å². The highest BCUT2D eigenvalue weighted by Gasteiger charge is 2.20. The van der Waals surface area contributed by atoms with Crippen molar-refractivity contribution in [2.24, 2.45) is 0 Å². The van der Waals surface area contributed by atoms with Crippen LogP contribution in [0.2, 0.25) is 0 Å². The first-order chi connectivity index (χ1) is 7.99. The van der Waals surface area contributed by atoms with Crippen LogP contribution in [-0.4, -0.2) is 48.6 Å². The predicted octanol–water partition coefficient (Wildman–Crippen LogP) is 0.874. The largest absolute Gasteiger partial charge is 0.478 e. The van der Waals surface area contributed by atoms with Crippen molar-refractivity contribution >= 4 is 11.8 Å². The van der Waals surface area contributed by atoms with Crippen LogP contribution < -0.4 is 4.90 Å². The summed E-state index contributed by atoms with van der Waals surface area (Å²) in [5.74, 6) is -0.614. The molecule has 0 amide bonds. The number of ether oxygens (including phenoxy) is 1. The Morgan fingerprint density at radius 3 is 2.59 bits per heavy atom. The molecule has 0 aliphatic heterocycles. The van der Waals surface area contributed by atoms with E-state index in [1.54, 1.807) is 32.9 Å². The SMILES string of the molecule is COCCN(C)c1nnc(C)c(C)c1C(=O)O. The average Bonchev–Trinajstić information content (AvgIpc) is 2.28. The lowest BCUT2D eigenvalue weighted by Crippen LogP contribution is -2.26. The number of aryl methyl sites for hydroxylation is 1. The first kappa shape index (κ1) is 13.4. The highest BCUT2D eigenvalue weighted by molar-refractivity contribution is 5.95. The highest BCUT2D eigenvalue weighted by Crippen LogP contribution is 2.20. The molecule has 6 nitrogen and oxygen atoms in total. The van der Waals surface area contributed by atoms with Gasteiger partial charge in [-0.05, 0) is 19.4 Å². The molecule has 0 fully saturated rings. The maximum atomic E-state index is 11.2. The first-order valence-corrected chi connectivity index (χ1v) is 5.26. The fraction of sp³-hybridized carbons (Fsp3) is 0.545. The molecule has 1 heterocycles. The van der Waals surface area contributed by atoms with Crippen molar-refractivity contribution in [1.29, 1.82) is 0 Å². The molecule has 0 atom stereocenters. The number of nitrogens with zero attached hydrogens (tertiary/aromatic N) is 3. The number of aromatic nitrogens is 2. The molecule has 0 aliphatic rings. The topological polar surface area (TPSA) is 75.5 Å². The Bertz CT molecular complexity index is 421. The number of carboxylic acid groups (broad SMARTS) is 1. The van der Waals surface area contributed by atoms with Crippen LogP contribution in [0.3, 0.4) is 0 Å². The standard InChI is InChI=1S/C11H17N3O3/c1-7-8(2)12-13-10(9(7)11(15)16)14(3)5-6-17-4/h5-6H2,1-4H3,(H,15,16). The van der Waals surface area contributed by atoms with E-state index in [0.717, 1.165) is 0 Å². The van der Waals surface area contributed by atoms with Gasteiger partial charge in [0.1, 0.15) is 5.56 Å². The summed E-state index contributed by atoms with van der Waals surface area (Å²) in [6.07, 6.45) is 0. The Morgan fingerprint density at radius 1 is 1.41 bits per heavy atom. The molecule has 1 N–H and O–H groups in total. The van der Waals surface area contributed by atoms with Gasteiger partial charge in [-0.25, -0.2) is 4.79 Å². The molecule has 0 saturated carbocycles. The number of hydrogen-bond donors (Lipinski definition) is 1. The number of carbonyl (C=O) groups is 1. The van der Waals surface area contributed by atoms with Gasteiger partial charge in [0.15, 0.2) is 5.82 Å². The van der Waals surface area contributed by atoms with Crippen molar-refractivity contribution in [1.82, 2.24) is 10.2 Å². The summed E-state index contributed by atoms with van der Waals surface area (Å²) in [5.41, 5.74) is 1.48. The van der Waals surface area contributed by atoms with Crippen LogP contribution in [0.4, 0.5) is 5.82 Å². The number of methoxy groups -OCH3 is 1. The van der Waals surface area contributed by atoms with Gasteiger partial charge in [-0.3, -0.25) is 0 Å². The summed E-state index contributed by atoms with van der Waals surface area (Å²) in [7, 11) is 3.36. The van der Waals surface area contributed by atoms with Gasteiger partial charge >= 0.3 is 5.97 Å². The molecule has 0 saturated heterocycles. The molecule has 0 spiro atoms. The molecular weight excluding hydrogens is 222 g/mol.